The molecule has 3 rings (SSSR count). The number of hydrogen-bond acceptors (Lipinski definition) is 3. The summed E-state index contributed by atoms with van der Waals surface area (Å²) < 4.78 is 1.94. The smallest absolute Gasteiger partial charge is 0.152 e. The summed E-state index contributed by atoms with van der Waals surface area (Å²) in [4.78, 5) is 4.52. The van der Waals surface area contributed by atoms with E-state index in [0.29, 0.717) is 11.3 Å². The summed E-state index contributed by atoms with van der Waals surface area (Å²) in [6, 6.07) is 2.16. The largest absolute Gasteiger partial charge is 0.368 e. The maximum Gasteiger partial charge on any atom is 0.152 e. The van der Waals surface area contributed by atoms with Crippen LogP contribution in [0.2, 0.25) is 0 Å². The van der Waals surface area contributed by atoms with E-state index >= 15 is 0 Å². The summed E-state index contributed by atoms with van der Waals surface area (Å²) in [5.74, 6) is 1.40. The zero-order valence-corrected chi connectivity index (χ0v) is 13.4. The molecule has 114 valence electrons. The van der Waals surface area contributed by atoms with E-state index in [-0.39, 0.29) is 0 Å². The van der Waals surface area contributed by atoms with Crippen LogP contribution in [-0.4, -0.2) is 21.1 Å². The molecular formula is C17H26N4. The molecule has 2 aromatic heterocycles. The molecule has 21 heavy (non-hydrogen) atoms. The summed E-state index contributed by atoms with van der Waals surface area (Å²) >= 11 is 0. The standard InChI is InChI=1S/C17H26N4/c1-13(2)14-11-15-16(18-9-10-21(15)20-14)19-12-17(3)7-5-4-6-8-17/h9-11,13H,4-8,12H2,1-3H3,(H,18,19). The van der Waals surface area contributed by atoms with Gasteiger partial charge in [-0.15, -0.1) is 0 Å². The van der Waals surface area contributed by atoms with Crippen LogP contribution in [0.5, 0.6) is 0 Å². The second-order valence-electron chi connectivity index (χ2n) is 7.05. The molecule has 1 aliphatic rings. The van der Waals surface area contributed by atoms with Crippen LogP contribution in [0.15, 0.2) is 18.5 Å². The molecule has 1 fully saturated rings. The highest BCUT2D eigenvalue weighted by atomic mass is 15.2. The van der Waals surface area contributed by atoms with Crippen molar-refractivity contribution in [2.45, 2.75) is 58.8 Å². The number of nitrogens with zero attached hydrogens (tertiary/aromatic N) is 3. The van der Waals surface area contributed by atoms with Crippen molar-refractivity contribution in [2.75, 3.05) is 11.9 Å². The summed E-state index contributed by atoms with van der Waals surface area (Å²) in [6.45, 7) is 7.74. The Morgan fingerprint density at radius 2 is 2.05 bits per heavy atom. The lowest BCUT2D eigenvalue weighted by atomic mass is 9.76. The molecule has 2 aromatic rings. The van der Waals surface area contributed by atoms with Gasteiger partial charge in [-0.25, -0.2) is 9.50 Å². The molecule has 1 N–H and O–H groups in total. The summed E-state index contributed by atoms with van der Waals surface area (Å²) in [6.07, 6.45) is 10.5. The number of aromatic nitrogens is 3. The third-order valence-electron chi connectivity index (χ3n) is 4.74. The van der Waals surface area contributed by atoms with Gasteiger partial charge in [-0.05, 0) is 30.2 Å². The van der Waals surface area contributed by atoms with E-state index in [1.54, 1.807) is 0 Å². The Hall–Kier alpha value is -1.58. The molecule has 0 amide bonds. The Labute approximate surface area is 127 Å². The van der Waals surface area contributed by atoms with Gasteiger partial charge >= 0.3 is 0 Å². The van der Waals surface area contributed by atoms with Gasteiger partial charge in [-0.1, -0.05) is 40.0 Å². The highest BCUT2D eigenvalue weighted by Gasteiger charge is 2.26. The molecule has 0 atom stereocenters. The van der Waals surface area contributed by atoms with Crippen molar-refractivity contribution in [2.24, 2.45) is 5.41 Å². The van der Waals surface area contributed by atoms with Crippen LogP contribution in [0.4, 0.5) is 5.82 Å². The lowest BCUT2D eigenvalue weighted by Gasteiger charge is -2.33. The van der Waals surface area contributed by atoms with Crippen LogP contribution >= 0.6 is 0 Å². The normalized spacial score (nSPS) is 18.3. The molecule has 1 saturated carbocycles. The molecule has 0 saturated heterocycles. The van der Waals surface area contributed by atoms with E-state index in [9.17, 15) is 0 Å². The van der Waals surface area contributed by atoms with Crippen molar-refractivity contribution in [3.63, 3.8) is 0 Å². The van der Waals surface area contributed by atoms with Gasteiger partial charge in [0.15, 0.2) is 5.82 Å². The molecule has 0 aliphatic heterocycles. The first-order valence-corrected chi connectivity index (χ1v) is 8.16. The maximum absolute atomic E-state index is 4.62. The first-order chi connectivity index (χ1) is 10.1. The van der Waals surface area contributed by atoms with Gasteiger partial charge in [-0.2, -0.15) is 5.10 Å². The highest BCUT2D eigenvalue weighted by Crippen LogP contribution is 2.36. The van der Waals surface area contributed by atoms with Gasteiger partial charge in [0.05, 0.1) is 5.69 Å². The first kappa shape index (κ1) is 14.4. The fraction of sp³-hybridized carbons (Fsp3) is 0.647. The Morgan fingerprint density at radius 3 is 2.76 bits per heavy atom. The van der Waals surface area contributed by atoms with Gasteiger partial charge in [-0.3, -0.25) is 0 Å². The number of nitrogens with one attached hydrogen (secondary N) is 1. The van der Waals surface area contributed by atoms with Crippen LogP contribution in [0.25, 0.3) is 5.52 Å². The quantitative estimate of drug-likeness (QED) is 0.914. The third-order valence-corrected chi connectivity index (χ3v) is 4.74. The van der Waals surface area contributed by atoms with Crippen LogP contribution < -0.4 is 5.32 Å². The highest BCUT2D eigenvalue weighted by molar-refractivity contribution is 5.68. The lowest BCUT2D eigenvalue weighted by Crippen LogP contribution is -2.29. The van der Waals surface area contributed by atoms with Gasteiger partial charge < -0.3 is 5.32 Å². The second-order valence-corrected chi connectivity index (χ2v) is 7.05. The Balaban J connectivity index is 1.80. The Bertz CT molecular complexity index is 608. The first-order valence-electron chi connectivity index (χ1n) is 8.16. The predicted molar refractivity (Wildman–Crippen MR) is 86.8 cm³/mol. The van der Waals surface area contributed by atoms with E-state index in [0.717, 1.165) is 23.6 Å². The van der Waals surface area contributed by atoms with Crippen molar-refractivity contribution >= 4 is 11.3 Å². The van der Waals surface area contributed by atoms with Crippen LogP contribution in [0, 0.1) is 5.41 Å². The van der Waals surface area contributed by atoms with E-state index in [1.807, 2.05) is 16.9 Å². The molecule has 4 heteroatoms. The monoisotopic (exact) mass is 286 g/mol. The van der Waals surface area contributed by atoms with Gasteiger partial charge in [0.1, 0.15) is 5.52 Å². The molecule has 4 nitrogen and oxygen atoms in total. The van der Waals surface area contributed by atoms with Gasteiger partial charge in [0.25, 0.3) is 0 Å². The Kier molecular flexibility index (Phi) is 3.87. The summed E-state index contributed by atoms with van der Waals surface area (Å²) in [5.41, 5.74) is 2.61. The minimum atomic E-state index is 0.410. The van der Waals surface area contributed by atoms with Gasteiger partial charge in [0, 0.05) is 18.9 Å². The van der Waals surface area contributed by atoms with Gasteiger partial charge in [0.2, 0.25) is 0 Å². The lowest BCUT2D eigenvalue weighted by molar-refractivity contribution is 0.233. The molecule has 0 bridgehead atoms. The van der Waals surface area contributed by atoms with Crippen molar-refractivity contribution in [3.05, 3.63) is 24.2 Å². The number of fused-ring (bicyclic) bond motifs is 1. The third kappa shape index (κ3) is 3.04. The second kappa shape index (κ2) is 5.66. The molecule has 1 aliphatic carbocycles. The summed E-state index contributed by atoms with van der Waals surface area (Å²) in [7, 11) is 0. The number of hydrogen-bond donors (Lipinski definition) is 1. The molecule has 0 spiro atoms. The van der Waals surface area contributed by atoms with E-state index in [2.05, 4.69) is 42.2 Å². The average molecular weight is 286 g/mol. The minimum absolute atomic E-state index is 0.410. The summed E-state index contributed by atoms with van der Waals surface area (Å²) in [5, 5.41) is 8.20. The molecule has 2 heterocycles. The SMILES string of the molecule is CC(C)c1cc2c(NCC3(C)CCCCC3)nccn2n1. The predicted octanol–water partition coefficient (Wildman–Crippen LogP) is 4.24. The van der Waals surface area contributed by atoms with Crippen molar-refractivity contribution in [1.29, 1.82) is 0 Å². The molecule has 0 radical (unpaired) electrons. The van der Waals surface area contributed by atoms with Crippen molar-refractivity contribution in [1.82, 2.24) is 14.6 Å². The zero-order chi connectivity index (χ0) is 14.9. The zero-order valence-electron chi connectivity index (χ0n) is 13.4. The van der Waals surface area contributed by atoms with Crippen LogP contribution in [0.1, 0.15) is 64.5 Å². The minimum Gasteiger partial charge on any atom is -0.368 e. The fourth-order valence-electron chi connectivity index (χ4n) is 3.24. The van der Waals surface area contributed by atoms with Crippen LogP contribution in [-0.2, 0) is 0 Å². The molecule has 0 unspecified atom stereocenters. The average Bonchev–Trinajstić information content (AvgIpc) is 2.91. The molecular weight excluding hydrogens is 260 g/mol. The van der Waals surface area contributed by atoms with E-state index in [4.69, 9.17) is 0 Å². The van der Waals surface area contributed by atoms with Crippen molar-refractivity contribution < 1.29 is 0 Å². The maximum atomic E-state index is 4.62. The Morgan fingerprint density at radius 1 is 1.29 bits per heavy atom. The van der Waals surface area contributed by atoms with Crippen molar-refractivity contribution in [3.8, 4) is 0 Å². The number of rotatable bonds is 4. The molecule has 0 aromatic carbocycles. The fourth-order valence-corrected chi connectivity index (χ4v) is 3.24. The topological polar surface area (TPSA) is 42.2 Å². The van der Waals surface area contributed by atoms with E-state index in [1.165, 1.54) is 32.1 Å². The van der Waals surface area contributed by atoms with Crippen LogP contribution in [0.3, 0.4) is 0 Å². The number of anilines is 1. The van der Waals surface area contributed by atoms with E-state index < -0.39 is 0 Å².